The van der Waals surface area contributed by atoms with Gasteiger partial charge in [-0.3, -0.25) is 0 Å². The van der Waals surface area contributed by atoms with E-state index in [0.717, 1.165) is 19.3 Å². The molecule has 0 bridgehead atoms. The number of nitrogens with two attached hydrogens (primary N) is 1. The highest BCUT2D eigenvalue weighted by molar-refractivity contribution is 5.31. The standard InChI is InChI=1S/C12H17NO/c13-8-7-12(14)6-5-10-3-1-2-4-11(10)9-12/h1-4,14H,5-9,13H2. The smallest absolute Gasteiger partial charge is 0.0703 e. The van der Waals surface area contributed by atoms with Gasteiger partial charge in [-0.05, 0) is 36.9 Å². The van der Waals surface area contributed by atoms with Crippen LogP contribution in [-0.4, -0.2) is 17.3 Å². The Morgan fingerprint density at radius 3 is 2.71 bits per heavy atom. The fourth-order valence-corrected chi connectivity index (χ4v) is 2.27. The first-order valence-corrected chi connectivity index (χ1v) is 5.23. The molecule has 14 heavy (non-hydrogen) atoms. The van der Waals surface area contributed by atoms with Gasteiger partial charge in [0.25, 0.3) is 0 Å². The Bertz CT molecular complexity index is 324. The summed E-state index contributed by atoms with van der Waals surface area (Å²) in [5.74, 6) is 0. The van der Waals surface area contributed by atoms with Crippen LogP contribution in [0.1, 0.15) is 24.0 Å². The molecule has 0 aromatic heterocycles. The molecule has 1 unspecified atom stereocenters. The van der Waals surface area contributed by atoms with Crippen molar-refractivity contribution in [2.45, 2.75) is 31.3 Å². The molecule has 0 saturated carbocycles. The molecule has 1 aromatic carbocycles. The molecule has 0 aliphatic heterocycles. The Kier molecular flexibility index (Phi) is 2.57. The Morgan fingerprint density at radius 1 is 1.29 bits per heavy atom. The first-order valence-electron chi connectivity index (χ1n) is 5.23. The van der Waals surface area contributed by atoms with E-state index in [2.05, 4.69) is 18.2 Å². The highest BCUT2D eigenvalue weighted by Gasteiger charge is 2.30. The van der Waals surface area contributed by atoms with Gasteiger partial charge in [0.1, 0.15) is 0 Å². The van der Waals surface area contributed by atoms with E-state index >= 15 is 0 Å². The molecule has 0 radical (unpaired) electrons. The normalized spacial score (nSPS) is 25.9. The molecular weight excluding hydrogens is 174 g/mol. The fourth-order valence-electron chi connectivity index (χ4n) is 2.27. The Labute approximate surface area is 84.7 Å². The monoisotopic (exact) mass is 191 g/mol. The van der Waals surface area contributed by atoms with Crippen LogP contribution in [0.3, 0.4) is 0 Å². The van der Waals surface area contributed by atoms with Gasteiger partial charge in [-0.25, -0.2) is 0 Å². The van der Waals surface area contributed by atoms with Gasteiger partial charge in [-0.15, -0.1) is 0 Å². The predicted molar refractivity (Wildman–Crippen MR) is 57.1 cm³/mol. The summed E-state index contributed by atoms with van der Waals surface area (Å²) in [6, 6.07) is 8.35. The molecule has 0 fully saturated rings. The minimum atomic E-state index is -0.552. The second kappa shape index (κ2) is 3.71. The van der Waals surface area contributed by atoms with Crippen molar-refractivity contribution in [3.05, 3.63) is 35.4 Å². The van der Waals surface area contributed by atoms with E-state index < -0.39 is 5.60 Å². The van der Waals surface area contributed by atoms with E-state index in [4.69, 9.17) is 5.73 Å². The molecule has 2 rings (SSSR count). The maximum atomic E-state index is 10.2. The summed E-state index contributed by atoms with van der Waals surface area (Å²) in [4.78, 5) is 0. The van der Waals surface area contributed by atoms with Crippen LogP contribution in [0, 0.1) is 0 Å². The number of rotatable bonds is 2. The van der Waals surface area contributed by atoms with Crippen molar-refractivity contribution in [3.8, 4) is 0 Å². The molecule has 3 N–H and O–H groups in total. The van der Waals surface area contributed by atoms with Crippen molar-refractivity contribution >= 4 is 0 Å². The van der Waals surface area contributed by atoms with Gasteiger partial charge in [0.2, 0.25) is 0 Å². The summed E-state index contributed by atoms with van der Waals surface area (Å²) in [6.45, 7) is 0.568. The zero-order valence-electron chi connectivity index (χ0n) is 8.37. The van der Waals surface area contributed by atoms with E-state index in [1.54, 1.807) is 0 Å². The number of aliphatic hydroxyl groups is 1. The summed E-state index contributed by atoms with van der Waals surface area (Å²) in [6.07, 6.45) is 3.30. The van der Waals surface area contributed by atoms with Crippen molar-refractivity contribution in [2.75, 3.05) is 6.54 Å². The molecule has 0 amide bonds. The lowest BCUT2D eigenvalue weighted by atomic mass is 9.79. The van der Waals surface area contributed by atoms with Gasteiger partial charge in [0, 0.05) is 6.42 Å². The Hall–Kier alpha value is -0.860. The van der Waals surface area contributed by atoms with Gasteiger partial charge in [-0.1, -0.05) is 24.3 Å². The second-order valence-electron chi connectivity index (χ2n) is 4.21. The van der Waals surface area contributed by atoms with Crippen LogP contribution in [0.4, 0.5) is 0 Å². The van der Waals surface area contributed by atoms with Crippen LogP contribution in [0.5, 0.6) is 0 Å². The topological polar surface area (TPSA) is 46.2 Å². The third kappa shape index (κ3) is 1.81. The molecule has 1 atom stereocenters. The van der Waals surface area contributed by atoms with Crippen LogP contribution in [0.15, 0.2) is 24.3 Å². The van der Waals surface area contributed by atoms with Gasteiger partial charge in [0.05, 0.1) is 5.60 Å². The lowest BCUT2D eigenvalue weighted by Gasteiger charge is -2.33. The maximum absolute atomic E-state index is 10.2. The molecule has 0 heterocycles. The third-order valence-electron chi connectivity index (χ3n) is 3.11. The van der Waals surface area contributed by atoms with Crippen LogP contribution < -0.4 is 5.73 Å². The van der Waals surface area contributed by atoms with E-state index in [0.29, 0.717) is 13.0 Å². The van der Waals surface area contributed by atoms with Crippen molar-refractivity contribution in [1.82, 2.24) is 0 Å². The minimum Gasteiger partial charge on any atom is -0.389 e. The lowest BCUT2D eigenvalue weighted by molar-refractivity contribution is 0.0203. The van der Waals surface area contributed by atoms with E-state index in [1.165, 1.54) is 11.1 Å². The number of fused-ring (bicyclic) bond motifs is 1. The van der Waals surface area contributed by atoms with Crippen molar-refractivity contribution in [1.29, 1.82) is 0 Å². The molecule has 1 aliphatic rings. The number of hydrogen-bond donors (Lipinski definition) is 2. The molecule has 2 heteroatoms. The van der Waals surface area contributed by atoms with Crippen molar-refractivity contribution in [3.63, 3.8) is 0 Å². The highest BCUT2D eigenvalue weighted by atomic mass is 16.3. The molecular formula is C12H17NO. The summed E-state index contributed by atoms with van der Waals surface area (Å²) in [5, 5.41) is 10.2. The van der Waals surface area contributed by atoms with Gasteiger partial charge in [-0.2, -0.15) is 0 Å². The van der Waals surface area contributed by atoms with Crippen molar-refractivity contribution < 1.29 is 5.11 Å². The predicted octanol–water partition coefficient (Wildman–Crippen LogP) is 1.26. The summed E-state index contributed by atoms with van der Waals surface area (Å²) in [5.41, 5.74) is 7.62. The fraction of sp³-hybridized carbons (Fsp3) is 0.500. The maximum Gasteiger partial charge on any atom is 0.0703 e. The Morgan fingerprint density at radius 2 is 2.00 bits per heavy atom. The minimum absolute atomic E-state index is 0.552. The average molecular weight is 191 g/mol. The van der Waals surface area contributed by atoms with Gasteiger partial charge >= 0.3 is 0 Å². The van der Waals surface area contributed by atoms with Crippen molar-refractivity contribution in [2.24, 2.45) is 5.73 Å². The lowest BCUT2D eigenvalue weighted by Crippen LogP contribution is -2.37. The second-order valence-corrected chi connectivity index (χ2v) is 4.21. The third-order valence-corrected chi connectivity index (χ3v) is 3.11. The van der Waals surface area contributed by atoms with E-state index in [-0.39, 0.29) is 0 Å². The molecule has 1 aliphatic carbocycles. The molecule has 0 spiro atoms. The van der Waals surface area contributed by atoms with Crippen LogP contribution in [-0.2, 0) is 12.8 Å². The van der Waals surface area contributed by atoms with Crippen LogP contribution in [0.2, 0.25) is 0 Å². The van der Waals surface area contributed by atoms with Crippen LogP contribution >= 0.6 is 0 Å². The zero-order valence-corrected chi connectivity index (χ0v) is 8.37. The summed E-state index contributed by atoms with van der Waals surface area (Å²) >= 11 is 0. The van der Waals surface area contributed by atoms with Gasteiger partial charge < -0.3 is 10.8 Å². The first-order chi connectivity index (χ1) is 6.73. The molecule has 0 saturated heterocycles. The Balaban J connectivity index is 2.20. The average Bonchev–Trinajstić information content (AvgIpc) is 2.17. The molecule has 76 valence electrons. The van der Waals surface area contributed by atoms with E-state index in [9.17, 15) is 5.11 Å². The SMILES string of the molecule is NCCC1(O)CCc2ccccc2C1. The largest absolute Gasteiger partial charge is 0.389 e. The molecule has 2 nitrogen and oxygen atoms in total. The summed E-state index contributed by atoms with van der Waals surface area (Å²) in [7, 11) is 0. The van der Waals surface area contributed by atoms with Crippen LogP contribution in [0.25, 0.3) is 0 Å². The number of hydrogen-bond acceptors (Lipinski definition) is 2. The molecule has 1 aromatic rings. The summed E-state index contributed by atoms with van der Waals surface area (Å²) < 4.78 is 0. The number of benzene rings is 1. The highest BCUT2D eigenvalue weighted by Crippen LogP contribution is 2.30. The van der Waals surface area contributed by atoms with Gasteiger partial charge in [0.15, 0.2) is 0 Å². The zero-order chi connectivity index (χ0) is 10.0. The first kappa shape index (κ1) is 9.69. The van der Waals surface area contributed by atoms with E-state index in [1.807, 2.05) is 6.07 Å². The quantitative estimate of drug-likeness (QED) is 0.739. The number of aryl methyl sites for hydroxylation is 1.